The van der Waals surface area contributed by atoms with Crippen LogP contribution in [0, 0.1) is 5.92 Å². The van der Waals surface area contributed by atoms with E-state index in [0.717, 1.165) is 26.1 Å². The van der Waals surface area contributed by atoms with Crippen LogP contribution in [0.25, 0.3) is 0 Å². The fraction of sp³-hybridized carbons (Fsp3) is 0.900. The first-order valence-corrected chi connectivity index (χ1v) is 6.20. The van der Waals surface area contributed by atoms with Gasteiger partial charge in [0.1, 0.15) is 0 Å². The minimum atomic E-state index is 0.0848. The quantitative estimate of drug-likeness (QED) is 0.690. The van der Waals surface area contributed by atoms with E-state index in [-0.39, 0.29) is 4.83 Å². The number of amides is 1. The molecule has 3 nitrogen and oxygen atoms in total. The Morgan fingerprint density at radius 2 is 2.21 bits per heavy atom. The molecule has 0 aromatic rings. The summed E-state index contributed by atoms with van der Waals surface area (Å²) in [7, 11) is 2.15. The molecule has 0 aliphatic carbocycles. The molecule has 0 bridgehead atoms. The van der Waals surface area contributed by atoms with E-state index in [4.69, 9.17) is 0 Å². The maximum Gasteiger partial charge on any atom is 0.236 e. The Balaban J connectivity index is 1.83. The van der Waals surface area contributed by atoms with Crippen molar-refractivity contribution >= 4 is 21.8 Å². The zero-order valence-electron chi connectivity index (χ0n) is 8.58. The lowest BCUT2D eigenvalue weighted by atomic mass is 10.1. The van der Waals surface area contributed by atoms with Crippen molar-refractivity contribution in [2.75, 3.05) is 33.2 Å². The maximum atomic E-state index is 11.6. The lowest BCUT2D eigenvalue weighted by molar-refractivity contribution is -0.127. The van der Waals surface area contributed by atoms with Crippen LogP contribution >= 0.6 is 15.9 Å². The van der Waals surface area contributed by atoms with Crippen LogP contribution in [0.2, 0.25) is 0 Å². The molecule has 1 amide bonds. The Hall–Kier alpha value is -0.0900. The summed E-state index contributed by atoms with van der Waals surface area (Å²) in [4.78, 5) is 16.1. The van der Waals surface area contributed by atoms with E-state index < -0.39 is 0 Å². The van der Waals surface area contributed by atoms with Gasteiger partial charge < -0.3 is 9.80 Å². The molecular formula is C10H17BrN2O. The zero-order chi connectivity index (χ0) is 10.1. The van der Waals surface area contributed by atoms with Gasteiger partial charge in [-0.25, -0.2) is 0 Å². The number of hydrogen-bond acceptors (Lipinski definition) is 2. The van der Waals surface area contributed by atoms with E-state index >= 15 is 0 Å². The van der Waals surface area contributed by atoms with E-state index in [0.29, 0.717) is 11.8 Å². The van der Waals surface area contributed by atoms with Gasteiger partial charge in [0.25, 0.3) is 0 Å². The van der Waals surface area contributed by atoms with Crippen molar-refractivity contribution in [3.8, 4) is 0 Å². The van der Waals surface area contributed by atoms with Crippen molar-refractivity contribution in [1.29, 1.82) is 0 Å². The Morgan fingerprint density at radius 1 is 1.43 bits per heavy atom. The summed E-state index contributed by atoms with van der Waals surface area (Å²) in [6.07, 6.45) is 2.22. The number of nitrogens with zero attached hydrogens (tertiary/aromatic N) is 2. The number of rotatable bonds is 2. The number of likely N-dealkylation sites (tertiary alicyclic amines) is 2. The highest BCUT2D eigenvalue weighted by Gasteiger charge is 2.32. The van der Waals surface area contributed by atoms with Crippen LogP contribution in [0.4, 0.5) is 0 Å². The van der Waals surface area contributed by atoms with Gasteiger partial charge in [-0.1, -0.05) is 15.9 Å². The second-order valence-corrected chi connectivity index (χ2v) is 5.56. The number of carbonyl (C=O) groups excluding carboxylic acids is 1. The maximum absolute atomic E-state index is 11.6. The van der Waals surface area contributed by atoms with Crippen LogP contribution in [0.1, 0.15) is 12.8 Å². The first-order chi connectivity index (χ1) is 6.66. The number of carbonyl (C=O) groups is 1. The smallest absolute Gasteiger partial charge is 0.236 e. The van der Waals surface area contributed by atoms with Gasteiger partial charge in [-0.15, -0.1) is 0 Å². The van der Waals surface area contributed by atoms with Crippen molar-refractivity contribution < 1.29 is 4.79 Å². The molecule has 0 spiro atoms. The third-order valence-corrected chi connectivity index (χ3v) is 4.05. The topological polar surface area (TPSA) is 23.6 Å². The molecule has 0 saturated carbocycles. The molecule has 2 heterocycles. The summed E-state index contributed by atoms with van der Waals surface area (Å²) in [5.41, 5.74) is 0. The van der Waals surface area contributed by atoms with E-state index in [9.17, 15) is 4.79 Å². The fourth-order valence-corrected chi connectivity index (χ4v) is 2.86. The lowest BCUT2D eigenvalue weighted by Crippen LogP contribution is -2.33. The van der Waals surface area contributed by atoms with E-state index in [1.807, 2.05) is 4.90 Å². The van der Waals surface area contributed by atoms with Crippen LogP contribution in [-0.4, -0.2) is 53.8 Å². The van der Waals surface area contributed by atoms with Crippen molar-refractivity contribution in [3.63, 3.8) is 0 Å². The molecule has 2 aliphatic heterocycles. The minimum Gasteiger partial charge on any atom is -0.341 e. The summed E-state index contributed by atoms with van der Waals surface area (Å²) in [6, 6.07) is 0. The standard InChI is InChI=1S/C10H17BrN2O/c1-12-4-2-8(6-12)7-13-5-3-9(11)10(13)14/h8-9H,2-7H2,1H3. The Labute approximate surface area is 93.6 Å². The molecule has 80 valence electrons. The van der Waals surface area contributed by atoms with Gasteiger partial charge in [-0.05, 0) is 32.4 Å². The summed E-state index contributed by atoms with van der Waals surface area (Å²) < 4.78 is 0. The van der Waals surface area contributed by atoms with Crippen molar-refractivity contribution in [1.82, 2.24) is 9.80 Å². The molecule has 14 heavy (non-hydrogen) atoms. The molecule has 2 unspecified atom stereocenters. The number of halogens is 1. The third-order valence-electron chi connectivity index (χ3n) is 3.20. The van der Waals surface area contributed by atoms with E-state index in [2.05, 4.69) is 27.9 Å². The van der Waals surface area contributed by atoms with Crippen molar-refractivity contribution in [3.05, 3.63) is 0 Å². The second-order valence-electron chi connectivity index (χ2n) is 4.46. The summed E-state index contributed by atoms with van der Waals surface area (Å²) in [6.45, 7) is 4.24. The largest absolute Gasteiger partial charge is 0.341 e. The molecule has 2 rings (SSSR count). The van der Waals surface area contributed by atoms with E-state index in [1.54, 1.807) is 0 Å². The van der Waals surface area contributed by atoms with Gasteiger partial charge in [0.05, 0.1) is 4.83 Å². The van der Waals surface area contributed by atoms with Gasteiger partial charge in [0.2, 0.25) is 5.91 Å². The highest BCUT2D eigenvalue weighted by atomic mass is 79.9. The SMILES string of the molecule is CN1CCC(CN2CCC(Br)C2=O)C1. The molecule has 0 N–H and O–H groups in total. The first-order valence-electron chi connectivity index (χ1n) is 5.28. The molecular weight excluding hydrogens is 244 g/mol. The van der Waals surface area contributed by atoms with Crippen LogP contribution in [-0.2, 0) is 4.79 Å². The zero-order valence-corrected chi connectivity index (χ0v) is 10.2. The Kier molecular flexibility index (Phi) is 3.12. The van der Waals surface area contributed by atoms with Gasteiger partial charge in [0.15, 0.2) is 0 Å². The average molecular weight is 261 g/mol. The number of hydrogen-bond donors (Lipinski definition) is 0. The normalized spacial score (nSPS) is 34.4. The van der Waals surface area contributed by atoms with Crippen molar-refractivity contribution in [2.24, 2.45) is 5.92 Å². The molecule has 0 aromatic heterocycles. The molecule has 2 saturated heterocycles. The minimum absolute atomic E-state index is 0.0848. The van der Waals surface area contributed by atoms with Crippen LogP contribution in [0.5, 0.6) is 0 Å². The highest BCUT2D eigenvalue weighted by molar-refractivity contribution is 9.10. The predicted molar refractivity (Wildman–Crippen MR) is 59.5 cm³/mol. The monoisotopic (exact) mass is 260 g/mol. The Bertz CT molecular complexity index is 234. The van der Waals surface area contributed by atoms with Crippen molar-refractivity contribution in [2.45, 2.75) is 17.7 Å². The highest BCUT2D eigenvalue weighted by Crippen LogP contribution is 2.22. The summed E-state index contributed by atoms with van der Waals surface area (Å²) in [5, 5.41) is 0. The van der Waals surface area contributed by atoms with Gasteiger partial charge in [-0.3, -0.25) is 4.79 Å². The van der Waals surface area contributed by atoms with E-state index in [1.165, 1.54) is 13.0 Å². The molecule has 0 aromatic carbocycles. The van der Waals surface area contributed by atoms with Crippen LogP contribution < -0.4 is 0 Å². The Morgan fingerprint density at radius 3 is 2.71 bits per heavy atom. The number of alkyl halides is 1. The van der Waals surface area contributed by atoms with Crippen LogP contribution in [0.3, 0.4) is 0 Å². The molecule has 2 atom stereocenters. The third kappa shape index (κ3) is 2.11. The lowest BCUT2D eigenvalue weighted by Gasteiger charge is -2.20. The summed E-state index contributed by atoms with van der Waals surface area (Å²) in [5.74, 6) is 0.987. The predicted octanol–water partition coefficient (Wildman–Crippen LogP) is 0.934. The molecule has 2 aliphatic rings. The summed E-state index contributed by atoms with van der Waals surface area (Å²) >= 11 is 3.40. The fourth-order valence-electron chi connectivity index (χ4n) is 2.37. The van der Waals surface area contributed by atoms with Crippen LogP contribution in [0.15, 0.2) is 0 Å². The molecule has 0 radical (unpaired) electrons. The molecule has 2 fully saturated rings. The van der Waals surface area contributed by atoms with Gasteiger partial charge in [-0.2, -0.15) is 0 Å². The first kappa shape index (κ1) is 10.4. The van der Waals surface area contributed by atoms with Gasteiger partial charge >= 0.3 is 0 Å². The second kappa shape index (κ2) is 4.19. The van der Waals surface area contributed by atoms with Gasteiger partial charge in [0, 0.05) is 19.6 Å². The molecule has 4 heteroatoms. The average Bonchev–Trinajstić information content (AvgIpc) is 2.67.